The summed E-state index contributed by atoms with van der Waals surface area (Å²) in [5, 5.41) is 0. The van der Waals surface area contributed by atoms with Gasteiger partial charge in [-0.25, -0.2) is 0 Å². The molecule has 0 fully saturated rings. The van der Waals surface area contributed by atoms with Crippen molar-refractivity contribution in [1.82, 2.24) is 0 Å². The molecule has 0 saturated heterocycles. The lowest BCUT2D eigenvalue weighted by Gasteiger charge is -2.22. The van der Waals surface area contributed by atoms with Gasteiger partial charge in [0.05, 0.1) is 0 Å². The van der Waals surface area contributed by atoms with Gasteiger partial charge in [0.25, 0.3) is 0 Å². The minimum Gasteiger partial charge on any atom is -0.328 e. The number of benzene rings is 1. The van der Waals surface area contributed by atoms with Gasteiger partial charge in [-0.1, -0.05) is 45.2 Å². The first-order chi connectivity index (χ1) is 10.3. The second-order valence-corrected chi connectivity index (χ2v) is 5.80. The monoisotopic (exact) mass is 284 g/mol. The Balaban J connectivity index is 1.86. The van der Waals surface area contributed by atoms with Crippen molar-refractivity contribution in [2.75, 3.05) is 11.6 Å². The summed E-state index contributed by atoms with van der Waals surface area (Å²) in [6.45, 7) is 5.23. The first-order valence-corrected chi connectivity index (χ1v) is 8.40. The van der Waals surface area contributed by atoms with E-state index in [0.29, 0.717) is 0 Å². The minimum atomic E-state index is 0.755. The van der Waals surface area contributed by atoms with E-state index in [1.165, 1.54) is 55.5 Å². The molecular weight excluding hydrogens is 256 g/mol. The largest absolute Gasteiger partial charge is 0.328 e. The van der Waals surface area contributed by atoms with Crippen molar-refractivity contribution in [3.63, 3.8) is 0 Å². The number of allylic oxidation sites excluding steroid dienone is 1. The van der Waals surface area contributed by atoms with E-state index in [9.17, 15) is 0 Å². The fourth-order valence-corrected chi connectivity index (χ4v) is 2.56. The van der Waals surface area contributed by atoms with Crippen molar-refractivity contribution < 1.29 is 0 Å². The molecule has 0 N–H and O–H groups in total. The van der Waals surface area contributed by atoms with Gasteiger partial charge in [0.15, 0.2) is 0 Å². The molecule has 0 saturated carbocycles. The highest BCUT2D eigenvalue weighted by molar-refractivity contribution is 5.96. The Morgan fingerprint density at radius 2 is 1.71 bits per heavy atom. The van der Waals surface area contributed by atoms with Crippen LogP contribution < -0.4 is 4.90 Å². The van der Waals surface area contributed by atoms with E-state index >= 15 is 0 Å². The Morgan fingerprint density at radius 3 is 2.33 bits per heavy atom. The van der Waals surface area contributed by atoms with Gasteiger partial charge < -0.3 is 4.90 Å². The number of aliphatic imine (C=N–C) groups is 1. The second kappa shape index (κ2) is 8.66. The molecule has 1 aromatic rings. The summed E-state index contributed by atoms with van der Waals surface area (Å²) in [7, 11) is 0. The van der Waals surface area contributed by atoms with E-state index in [4.69, 9.17) is 0 Å². The van der Waals surface area contributed by atoms with Crippen molar-refractivity contribution in [1.29, 1.82) is 0 Å². The number of hydrogen-bond acceptors (Lipinski definition) is 2. The molecule has 2 heteroatoms. The smallest absolute Gasteiger partial charge is 0.114 e. The molecule has 1 aliphatic heterocycles. The molecular formula is C19H28N2. The standard InChI is InChI=1S/C19H28N2/c1-3-5-7-8-17-10-12-19(13-11-17)21-15-14-18(20-16-21)9-6-4-2/h10-15H,3-9,16H2,1-2H3. The molecule has 1 heterocycles. The van der Waals surface area contributed by atoms with Crippen molar-refractivity contribution in [2.45, 2.75) is 58.8 Å². The maximum Gasteiger partial charge on any atom is 0.114 e. The summed E-state index contributed by atoms with van der Waals surface area (Å²) >= 11 is 0. The van der Waals surface area contributed by atoms with Gasteiger partial charge in [-0.05, 0) is 49.5 Å². The maximum absolute atomic E-state index is 4.66. The van der Waals surface area contributed by atoms with Crippen molar-refractivity contribution in [2.24, 2.45) is 4.99 Å². The van der Waals surface area contributed by atoms with Crippen LogP contribution in [0.5, 0.6) is 0 Å². The normalized spacial score (nSPS) is 14.4. The Bertz CT molecular complexity index is 471. The molecule has 1 aliphatic rings. The number of unbranched alkanes of at least 4 members (excludes halogenated alkanes) is 3. The zero-order chi connectivity index (χ0) is 14.9. The van der Waals surface area contributed by atoms with Crippen molar-refractivity contribution >= 4 is 11.4 Å². The Kier molecular flexibility index (Phi) is 6.52. The summed E-state index contributed by atoms with van der Waals surface area (Å²) < 4.78 is 0. The van der Waals surface area contributed by atoms with Crippen LogP contribution in [0.25, 0.3) is 0 Å². The van der Waals surface area contributed by atoms with E-state index < -0.39 is 0 Å². The lowest BCUT2D eigenvalue weighted by molar-refractivity contribution is 0.717. The zero-order valence-electron chi connectivity index (χ0n) is 13.5. The predicted octanol–water partition coefficient (Wildman–Crippen LogP) is 5.34. The fraction of sp³-hybridized carbons (Fsp3) is 0.526. The average molecular weight is 284 g/mol. The van der Waals surface area contributed by atoms with E-state index in [1.54, 1.807) is 0 Å². The zero-order valence-corrected chi connectivity index (χ0v) is 13.5. The van der Waals surface area contributed by atoms with Crippen LogP contribution in [0.15, 0.2) is 41.5 Å². The minimum absolute atomic E-state index is 0.755. The van der Waals surface area contributed by atoms with E-state index in [1.807, 2.05) is 0 Å². The molecule has 2 rings (SSSR count). The average Bonchev–Trinajstić information content (AvgIpc) is 2.54. The first-order valence-electron chi connectivity index (χ1n) is 8.40. The molecule has 0 amide bonds. The third kappa shape index (κ3) is 5.04. The van der Waals surface area contributed by atoms with Crippen LogP contribution in [0, 0.1) is 0 Å². The molecule has 0 spiro atoms. The topological polar surface area (TPSA) is 15.6 Å². The second-order valence-electron chi connectivity index (χ2n) is 5.80. The highest BCUT2D eigenvalue weighted by atomic mass is 15.2. The summed E-state index contributed by atoms with van der Waals surface area (Å²) in [6.07, 6.45) is 13.0. The fourth-order valence-electron chi connectivity index (χ4n) is 2.56. The van der Waals surface area contributed by atoms with Crippen LogP contribution >= 0.6 is 0 Å². The highest BCUT2D eigenvalue weighted by Crippen LogP contribution is 2.19. The number of nitrogens with zero attached hydrogens (tertiary/aromatic N) is 2. The Morgan fingerprint density at radius 1 is 0.952 bits per heavy atom. The molecule has 0 unspecified atom stereocenters. The summed E-state index contributed by atoms with van der Waals surface area (Å²) in [6, 6.07) is 8.96. The maximum atomic E-state index is 4.66. The van der Waals surface area contributed by atoms with E-state index in [2.05, 4.69) is 60.3 Å². The molecule has 0 aliphatic carbocycles. The Hall–Kier alpha value is -1.57. The SMILES string of the molecule is CCCCCc1ccc(N2C=CC(CCCC)=NC2)cc1. The quantitative estimate of drug-likeness (QED) is 0.588. The number of rotatable bonds is 8. The van der Waals surface area contributed by atoms with Gasteiger partial charge in [-0.2, -0.15) is 0 Å². The van der Waals surface area contributed by atoms with Gasteiger partial charge in [0, 0.05) is 17.6 Å². The lowest BCUT2D eigenvalue weighted by Crippen LogP contribution is -2.21. The van der Waals surface area contributed by atoms with Crippen LogP contribution in [0.4, 0.5) is 5.69 Å². The lowest BCUT2D eigenvalue weighted by atomic mass is 10.1. The highest BCUT2D eigenvalue weighted by Gasteiger charge is 2.07. The van der Waals surface area contributed by atoms with Crippen LogP contribution in [-0.2, 0) is 6.42 Å². The number of hydrogen-bond donors (Lipinski definition) is 0. The van der Waals surface area contributed by atoms with Crippen molar-refractivity contribution in [3.05, 3.63) is 42.1 Å². The van der Waals surface area contributed by atoms with E-state index in [0.717, 1.165) is 13.1 Å². The van der Waals surface area contributed by atoms with Gasteiger partial charge in [-0.3, -0.25) is 4.99 Å². The molecule has 0 bridgehead atoms. The van der Waals surface area contributed by atoms with Gasteiger partial charge in [0.2, 0.25) is 0 Å². The van der Waals surface area contributed by atoms with Crippen LogP contribution in [0.1, 0.15) is 57.9 Å². The first kappa shape index (κ1) is 15.8. The summed E-state index contributed by atoms with van der Waals surface area (Å²) in [5.74, 6) is 0. The van der Waals surface area contributed by atoms with Crippen LogP contribution in [0.3, 0.4) is 0 Å². The molecule has 0 atom stereocenters. The van der Waals surface area contributed by atoms with Crippen LogP contribution in [-0.4, -0.2) is 12.4 Å². The van der Waals surface area contributed by atoms with Gasteiger partial charge in [0.1, 0.15) is 6.67 Å². The van der Waals surface area contributed by atoms with Gasteiger partial charge >= 0.3 is 0 Å². The summed E-state index contributed by atoms with van der Waals surface area (Å²) in [4.78, 5) is 6.88. The molecule has 0 aromatic heterocycles. The third-order valence-electron chi connectivity index (χ3n) is 4.00. The van der Waals surface area contributed by atoms with E-state index in [-0.39, 0.29) is 0 Å². The summed E-state index contributed by atoms with van der Waals surface area (Å²) in [5.41, 5.74) is 3.92. The van der Waals surface area contributed by atoms with Gasteiger partial charge in [-0.15, -0.1) is 0 Å². The molecule has 1 aromatic carbocycles. The molecule has 114 valence electrons. The number of anilines is 1. The molecule has 21 heavy (non-hydrogen) atoms. The predicted molar refractivity (Wildman–Crippen MR) is 93.1 cm³/mol. The molecule has 0 radical (unpaired) electrons. The third-order valence-corrected chi connectivity index (χ3v) is 4.00. The Labute approximate surface area is 129 Å². The number of aryl methyl sites for hydroxylation is 1. The molecule has 2 nitrogen and oxygen atoms in total. The van der Waals surface area contributed by atoms with Crippen LogP contribution in [0.2, 0.25) is 0 Å². The van der Waals surface area contributed by atoms with Crippen molar-refractivity contribution in [3.8, 4) is 0 Å².